The van der Waals surface area contributed by atoms with Crippen LogP contribution in [0.5, 0.6) is 0 Å². The fraction of sp³-hybridized carbons (Fsp3) is 0.500. The fourth-order valence-corrected chi connectivity index (χ4v) is 1.34. The SMILES string of the molecule is NSC(=O)CP(=O)(O)O. The fourth-order valence-electron chi connectivity index (χ4n) is 0.205. The van der Waals surface area contributed by atoms with Crippen molar-refractivity contribution in [2.45, 2.75) is 0 Å². The quantitative estimate of drug-likeness (QED) is 0.375. The molecule has 0 atom stereocenters. The summed E-state index contributed by atoms with van der Waals surface area (Å²) in [5.41, 5.74) is 0. The molecule has 4 N–H and O–H groups in total. The molecule has 0 spiro atoms. The van der Waals surface area contributed by atoms with Gasteiger partial charge in [0.05, 0.1) is 0 Å². The van der Waals surface area contributed by atoms with Crippen LogP contribution in [0.25, 0.3) is 0 Å². The van der Waals surface area contributed by atoms with Gasteiger partial charge in [-0.1, -0.05) is 0 Å². The number of hydrogen-bond donors (Lipinski definition) is 3. The minimum absolute atomic E-state index is 0.321. The Hall–Kier alpha value is 0.130. The van der Waals surface area contributed by atoms with Crippen molar-refractivity contribution >= 4 is 24.7 Å². The van der Waals surface area contributed by atoms with Crippen LogP contribution in [0.1, 0.15) is 0 Å². The van der Waals surface area contributed by atoms with E-state index in [0.717, 1.165) is 0 Å². The maximum absolute atomic E-state index is 10.2. The highest BCUT2D eigenvalue weighted by molar-refractivity contribution is 8.12. The Bertz CT molecular complexity index is 153. The minimum atomic E-state index is -4.19. The van der Waals surface area contributed by atoms with Crippen LogP contribution in [0.4, 0.5) is 0 Å². The molecule has 0 saturated carbocycles. The first-order chi connectivity index (χ1) is 3.95. The van der Waals surface area contributed by atoms with Crippen LogP contribution in [-0.2, 0) is 9.36 Å². The largest absolute Gasteiger partial charge is 0.333 e. The number of rotatable bonds is 2. The lowest BCUT2D eigenvalue weighted by Gasteiger charge is -1.97. The van der Waals surface area contributed by atoms with Crippen molar-refractivity contribution in [3.63, 3.8) is 0 Å². The molecule has 7 heteroatoms. The smallest absolute Gasteiger partial charge is 0.324 e. The van der Waals surface area contributed by atoms with Gasteiger partial charge in [-0.05, 0) is 11.9 Å². The van der Waals surface area contributed by atoms with Gasteiger partial charge in [0.1, 0.15) is 6.16 Å². The van der Waals surface area contributed by atoms with E-state index in [2.05, 4.69) is 0 Å². The Labute approximate surface area is 55.9 Å². The molecule has 0 radical (unpaired) electrons. The maximum Gasteiger partial charge on any atom is 0.333 e. The Morgan fingerprint density at radius 3 is 2.22 bits per heavy atom. The normalized spacial score (nSPS) is 11.4. The molecule has 5 nitrogen and oxygen atoms in total. The monoisotopic (exact) mass is 171 g/mol. The summed E-state index contributed by atoms with van der Waals surface area (Å²) < 4.78 is 10.0. The number of carbonyl (C=O) groups excluding carboxylic acids is 1. The van der Waals surface area contributed by atoms with E-state index in [1.807, 2.05) is 0 Å². The highest BCUT2D eigenvalue weighted by Gasteiger charge is 2.17. The van der Waals surface area contributed by atoms with Crippen LogP contribution in [0.15, 0.2) is 0 Å². The van der Waals surface area contributed by atoms with Crippen LogP contribution < -0.4 is 5.14 Å². The first kappa shape index (κ1) is 9.13. The lowest BCUT2D eigenvalue weighted by atomic mass is 10.9. The summed E-state index contributed by atoms with van der Waals surface area (Å²) in [7, 11) is -4.19. The molecule has 0 amide bonds. The molecule has 54 valence electrons. The van der Waals surface area contributed by atoms with Gasteiger partial charge in [0.2, 0.25) is 5.12 Å². The van der Waals surface area contributed by atoms with Gasteiger partial charge in [-0.3, -0.25) is 14.5 Å². The Morgan fingerprint density at radius 2 is 2.11 bits per heavy atom. The van der Waals surface area contributed by atoms with Crippen molar-refractivity contribution in [1.82, 2.24) is 0 Å². The molecule has 0 heterocycles. The summed E-state index contributed by atoms with van der Waals surface area (Å²) in [5.74, 6) is 0. The molecular formula is C2H6NO4PS. The first-order valence-electron chi connectivity index (χ1n) is 1.90. The summed E-state index contributed by atoms with van der Waals surface area (Å²) in [6.07, 6.45) is -0.784. The summed E-state index contributed by atoms with van der Waals surface area (Å²) in [6, 6.07) is 0. The van der Waals surface area contributed by atoms with Crippen molar-refractivity contribution in [2.75, 3.05) is 6.16 Å². The average Bonchev–Trinajstić information content (AvgIpc) is 1.62. The van der Waals surface area contributed by atoms with E-state index >= 15 is 0 Å². The van der Waals surface area contributed by atoms with Crippen LogP contribution in [-0.4, -0.2) is 21.1 Å². The number of nitrogens with two attached hydrogens (primary N) is 1. The van der Waals surface area contributed by atoms with E-state index in [9.17, 15) is 9.36 Å². The Kier molecular flexibility index (Phi) is 3.38. The van der Waals surface area contributed by atoms with E-state index in [1.54, 1.807) is 0 Å². The molecule has 0 aliphatic heterocycles. The van der Waals surface area contributed by atoms with Gasteiger partial charge in [-0.2, -0.15) is 0 Å². The van der Waals surface area contributed by atoms with E-state index in [-0.39, 0.29) is 0 Å². The number of hydrogen-bond acceptors (Lipinski definition) is 4. The molecule has 0 aromatic carbocycles. The van der Waals surface area contributed by atoms with Crippen molar-refractivity contribution in [3.8, 4) is 0 Å². The van der Waals surface area contributed by atoms with E-state index in [4.69, 9.17) is 14.9 Å². The van der Waals surface area contributed by atoms with Crippen molar-refractivity contribution in [2.24, 2.45) is 5.14 Å². The van der Waals surface area contributed by atoms with Crippen LogP contribution in [0.2, 0.25) is 0 Å². The molecule has 0 aliphatic carbocycles. The Balaban J connectivity index is 3.75. The molecule has 0 fully saturated rings. The third kappa shape index (κ3) is 6.01. The third-order valence-electron chi connectivity index (χ3n) is 0.467. The van der Waals surface area contributed by atoms with Crippen molar-refractivity contribution in [1.29, 1.82) is 0 Å². The molecule has 0 rings (SSSR count). The predicted octanol–water partition coefficient (Wildman–Crippen LogP) is -0.702. The summed E-state index contributed by atoms with van der Waals surface area (Å²) in [6.45, 7) is 0. The van der Waals surface area contributed by atoms with Crippen LogP contribution >= 0.6 is 19.5 Å². The average molecular weight is 171 g/mol. The lowest BCUT2D eigenvalue weighted by molar-refractivity contribution is -0.109. The minimum Gasteiger partial charge on any atom is -0.324 e. The van der Waals surface area contributed by atoms with Gasteiger partial charge in [0.25, 0.3) is 0 Å². The van der Waals surface area contributed by atoms with E-state index < -0.39 is 18.9 Å². The second-order valence-electron chi connectivity index (χ2n) is 1.31. The summed E-state index contributed by atoms with van der Waals surface area (Å²) in [4.78, 5) is 26.5. The van der Waals surface area contributed by atoms with Gasteiger partial charge in [-0.25, -0.2) is 0 Å². The van der Waals surface area contributed by atoms with Crippen LogP contribution in [0, 0.1) is 0 Å². The van der Waals surface area contributed by atoms with E-state index in [0.29, 0.717) is 11.9 Å². The molecule has 0 saturated heterocycles. The van der Waals surface area contributed by atoms with Crippen molar-refractivity contribution in [3.05, 3.63) is 0 Å². The topological polar surface area (TPSA) is 101 Å². The molecule has 0 aromatic heterocycles. The second kappa shape index (κ2) is 3.34. The number of carbonyl (C=O) groups is 1. The Morgan fingerprint density at radius 1 is 1.67 bits per heavy atom. The highest BCUT2D eigenvalue weighted by atomic mass is 32.2. The van der Waals surface area contributed by atoms with Gasteiger partial charge >= 0.3 is 7.60 Å². The zero-order valence-corrected chi connectivity index (χ0v) is 6.06. The van der Waals surface area contributed by atoms with Gasteiger partial charge < -0.3 is 9.79 Å². The van der Waals surface area contributed by atoms with Gasteiger partial charge in [0.15, 0.2) is 0 Å². The summed E-state index contributed by atoms with van der Waals surface area (Å²) >= 11 is 0.321. The zero-order chi connectivity index (χ0) is 7.49. The standard InChI is InChI=1S/C2H6NO4PS/c3-9-2(4)1-8(5,6)7/h1,3H2,(H2,5,6,7). The second-order valence-corrected chi connectivity index (χ2v) is 3.65. The molecule has 0 bridgehead atoms. The third-order valence-corrected chi connectivity index (χ3v) is 1.79. The molecule has 0 aliphatic rings. The molecule has 0 aromatic rings. The molecular weight excluding hydrogens is 165 g/mol. The predicted molar refractivity (Wildman–Crippen MR) is 33.7 cm³/mol. The highest BCUT2D eigenvalue weighted by Crippen LogP contribution is 2.34. The first-order valence-corrected chi connectivity index (χ1v) is 4.57. The van der Waals surface area contributed by atoms with Crippen molar-refractivity contribution < 1.29 is 19.1 Å². The molecule has 0 unspecified atom stereocenters. The van der Waals surface area contributed by atoms with Crippen LogP contribution in [0.3, 0.4) is 0 Å². The maximum atomic E-state index is 10.2. The summed E-state index contributed by atoms with van der Waals surface area (Å²) in [5, 5.41) is 4.00. The lowest BCUT2D eigenvalue weighted by Crippen LogP contribution is -2.02. The van der Waals surface area contributed by atoms with Gasteiger partial charge in [-0.15, -0.1) is 0 Å². The van der Waals surface area contributed by atoms with Gasteiger partial charge in [0, 0.05) is 0 Å². The zero-order valence-electron chi connectivity index (χ0n) is 4.35. The van der Waals surface area contributed by atoms with E-state index in [1.165, 1.54) is 0 Å². The molecule has 9 heavy (non-hydrogen) atoms.